The molecule has 0 aromatic carbocycles. The van der Waals surface area contributed by atoms with E-state index in [2.05, 4.69) is 25.3 Å². The van der Waals surface area contributed by atoms with Crippen LogP contribution in [-0.2, 0) is 24.9 Å². The van der Waals surface area contributed by atoms with Crippen molar-refractivity contribution in [3.8, 4) is 5.95 Å². The van der Waals surface area contributed by atoms with Gasteiger partial charge >= 0.3 is 0 Å². The third-order valence-electron chi connectivity index (χ3n) is 5.43. The lowest BCUT2D eigenvalue weighted by atomic mass is 10.2. The maximum absolute atomic E-state index is 12.9. The summed E-state index contributed by atoms with van der Waals surface area (Å²) >= 11 is 0. The first-order valence-electron chi connectivity index (χ1n) is 10.6. The second-order valence-electron chi connectivity index (χ2n) is 7.60. The molecule has 1 fully saturated rings. The van der Waals surface area contributed by atoms with E-state index in [1.807, 2.05) is 31.7 Å². The Labute approximate surface area is 181 Å². The van der Waals surface area contributed by atoms with Gasteiger partial charge in [-0.25, -0.2) is 9.97 Å². The normalized spacial score (nSPS) is 13.7. The van der Waals surface area contributed by atoms with Gasteiger partial charge in [0, 0.05) is 44.7 Å². The average Bonchev–Trinajstić information content (AvgIpc) is 3.52. The van der Waals surface area contributed by atoms with Crippen LogP contribution in [0.3, 0.4) is 0 Å². The highest BCUT2D eigenvalue weighted by atomic mass is 16.5. The van der Waals surface area contributed by atoms with Gasteiger partial charge < -0.3 is 19.5 Å². The van der Waals surface area contributed by atoms with E-state index < -0.39 is 0 Å². The Balaban J connectivity index is 1.62. The fraction of sp³-hybridized carbons (Fsp3) is 0.476. The summed E-state index contributed by atoms with van der Waals surface area (Å²) in [6, 6.07) is 0. The van der Waals surface area contributed by atoms with Gasteiger partial charge in [-0.3, -0.25) is 4.79 Å². The summed E-state index contributed by atoms with van der Waals surface area (Å²) < 4.78 is 9.10. The van der Waals surface area contributed by atoms with Crippen LogP contribution < -0.4 is 10.2 Å². The summed E-state index contributed by atoms with van der Waals surface area (Å²) in [7, 11) is 1.89. The highest BCUT2D eigenvalue weighted by Gasteiger charge is 2.22. The van der Waals surface area contributed by atoms with Crippen molar-refractivity contribution in [2.45, 2.75) is 39.8 Å². The zero-order valence-electron chi connectivity index (χ0n) is 18.2. The molecule has 1 amide bonds. The summed E-state index contributed by atoms with van der Waals surface area (Å²) in [4.78, 5) is 28.5. The number of aromatic nitrogens is 6. The molecular weight excluding hydrogens is 396 g/mol. The average molecular weight is 425 g/mol. The summed E-state index contributed by atoms with van der Waals surface area (Å²) in [6.45, 7) is 7.04. The number of amides is 1. The third-order valence-corrected chi connectivity index (χ3v) is 5.43. The number of ether oxygens (including phenoxy) is 1. The Morgan fingerprint density at radius 1 is 1.23 bits per heavy atom. The second kappa shape index (κ2) is 9.25. The van der Waals surface area contributed by atoms with Crippen molar-refractivity contribution in [3.05, 3.63) is 47.4 Å². The minimum absolute atomic E-state index is 0.228. The molecule has 1 N–H and O–H groups in total. The molecule has 164 valence electrons. The van der Waals surface area contributed by atoms with E-state index in [0.29, 0.717) is 30.4 Å². The molecule has 10 heteroatoms. The molecule has 0 atom stereocenters. The van der Waals surface area contributed by atoms with Crippen molar-refractivity contribution >= 4 is 11.7 Å². The van der Waals surface area contributed by atoms with E-state index in [1.54, 1.807) is 23.4 Å². The lowest BCUT2D eigenvalue weighted by Crippen LogP contribution is -2.25. The SMILES string of the molecule is CCOCc1c(C(=O)NCc2cncn2C)cnn1-c1ncc(C)c(N2CCCC2)n1. The Morgan fingerprint density at radius 3 is 2.74 bits per heavy atom. The molecule has 4 rings (SSSR count). The number of imidazole rings is 1. The lowest BCUT2D eigenvalue weighted by molar-refractivity contribution is 0.0938. The summed E-state index contributed by atoms with van der Waals surface area (Å²) in [6.07, 6.45) is 9.11. The van der Waals surface area contributed by atoms with Gasteiger partial charge in [-0.1, -0.05) is 0 Å². The zero-order chi connectivity index (χ0) is 21.8. The van der Waals surface area contributed by atoms with Crippen molar-refractivity contribution in [2.75, 3.05) is 24.6 Å². The fourth-order valence-electron chi connectivity index (χ4n) is 3.67. The number of hydrogen-bond donors (Lipinski definition) is 1. The van der Waals surface area contributed by atoms with Crippen LogP contribution in [0.15, 0.2) is 24.9 Å². The Bertz CT molecular complexity index is 1050. The van der Waals surface area contributed by atoms with Crippen molar-refractivity contribution in [3.63, 3.8) is 0 Å². The Hall–Kier alpha value is -3.27. The first-order valence-corrected chi connectivity index (χ1v) is 10.6. The van der Waals surface area contributed by atoms with E-state index >= 15 is 0 Å². The number of carbonyl (C=O) groups is 1. The van der Waals surface area contributed by atoms with Gasteiger partial charge in [0.2, 0.25) is 0 Å². The van der Waals surface area contributed by atoms with Crippen LogP contribution >= 0.6 is 0 Å². The number of nitrogens with zero attached hydrogens (tertiary/aromatic N) is 7. The molecule has 10 nitrogen and oxygen atoms in total. The zero-order valence-corrected chi connectivity index (χ0v) is 18.2. The molecule has 1 aliphatic rings. The van der Waals surface area contributed by atoms with Crippen LogP contribution in [0.25, 0.3) is 5.95 Å². The second-order valence-corrected chi connectivity index (χ2v) is 7.60. The van der Waals surface area contributed by atoms with Crippen molar-refractivity contribution in [1.82, 2.24) is 34.6 Å². The molecule has 3 aromatic heterocycles. The van der Waals surface area contributed by atoms with Crippen LogP contribution in [0.1, 0.15) is 47.1 Å². The van der Waals surface area contributed by atoms with Gasteiger partial charge in [-0.05, 0) is 26.7 Å². The highest BCUT2D eigenvalue weighted by molar-refractivity contribution is 5.95. The van der Waals surface area contributed by atoms with Gasteiger partial charge in [0.25, 0.3) is 11.9 Å². The minimum Gasteiger partial charge on any atom is -0.375 e. The van der Waals surface area contributed by atoms with Gasteiger partial charge in [0.15, 0.2) is 0 Å². The number of carbonyl (C=O) groups excluding carboxylic acids is 1. The standard InChI is InChI=1S/C21H28N8O2/c1-4-31-13-18-17(20(30)23-11-16-10-22-14-27(16)3)12-25-29(18)21-24-9-15(2)19(26-21)28-7-5-6-8-28/h9-10,12,14H,4-8,11,13H2,1-3H3,(H,23,30). The van der Waals surface area contributed by atoms with E-state index in [-0.39, 0.29) is 12.5 Å². The number of rotatable bonds is 8. The largest absolute Gasteiger partial charge is 0.375 e. The number of aryl methyl sites for hydroxylation is 2. The molecule has 0 radical (unpaired) electrons. The van der Waals surface area contributed by atoms with Crippen LogP contribution in [0, 0.1) is 6.92 Å². The van der Waals surface area contributed by atoms with Crippen molar-refractivity contribution < 1.29 is 9.53 Å². The fourth-order valence-corrected chi connectivity index (χ4v) is 3.67. The molecule has 0 aliphatic carbocycles. The van der Waals surface area contributed by atoms with Gasteiger partial charge in [-0.15, -0.1) is 0 Å². The summed E-state index contributed by atoms with van der Waals surface area (Å²) in [5.41, 5.74) is 3.01. The predicted molar refractivity (Wildman–Crippen MR) is 115 cm³/mol. The molecule has 1 saturated heterocycles. The van der Waals surface area contributed by atoms with Gasteiger partial charge in [0.1, 0.15) is 5.82 Å². The van der Waals surface area contributed by atoms with Crippen LogP contribution in [0.5, 0.6) is 0 Å². The predicted octanol–water partition coefficient (Wildman–Crippen LogP) is 1.77. The highest BCUT2D eigenvalue weighted by Crippen LogP contribution is 2.23. The molecule has 31 heavy (non-hydrogen) atoms. The molecule has 4 heterocycles. The van der Waals surface area contributed by atoms with E-state index in [9.17, 15) is 4.79 Å². The molecular formula is C21H28N8O2. The van der Waals surface area contributed by atoms with Gasteiger partial charge in [-0.2, -0.15) is 14.8 Å². The van der Waals surface area contributed by atoms with Gasteiger partial charge in [0.05, 0.1) is 42.6 Å². The van der Waals surface area contributed by atoms with Crippen molar-refractivity contribution in [2.24, 2.45) is 7.05 Å². The summed E-state index contributed by atoms with van der Waals surface area (Å²) in [5.74, 6) is 1.13. The molecule has 0 unspecified atom stereocenters. The van der Waals surface area contributed by atoms with E-state index in [4.69, 9.17) is 9.72 Å². The van der Waals surface area contributed by atoms with Crippen molar-refractivity contribution in [1.29, 1.82) is 0 Å². The first-order chi connectivity index (χ1) is 15.1. The minimum atomic E-state index is -0.228. The van der Waals surface area contributed by atoms with Crippen LogP contribution in [-0.4, -0.2) is 54.9 Å². The van der Waals surface area contributed by atoms with Crippen LogP contribution in [0.2, 0.25) is 0 Å². The maximum atomic E-state index is 12.9. The summed E-state index contributed by atoms with van der Waals surface area (Å²) in [5, 5.41) is 7.37. The van der Waals surface area contributed by atoms with E-state index in [1.165, 1.54) is 0 Å². The number of hydrogen-bond acceptors (Lipinski definition) is 7. The molecule has 0 spiro atoms. The Kier molecular flexibility index (Phi) is 6.26. The quantitative estimate of drug-likeness (QED) is 0.588. The lowest BCUT2D eigenvalue weighted by Gasteiger charge is -2.19. The molecule has 0 bridgehead atoms. The molecule has 1 aliphatic heterocycles. The maximum Gasteiger partial charge on any atom is 0.255 e. The van der Waals surface area contributed by atoms with Crippen LogP contribution in [0.4, 0.5) is 5.82 Å². The third kappa shape index (κ3) is 4.43. The Morgan fingerprint density at radius 2 is 2.03 bits per heavy atom. The number of nitrogens with one attached hydrogen (secondary N) is 1. The smallest absolute Gasteiger partial charge is 0.255 e. The number of anilines is 1. The van der Waals surface area contributed by atoms with E-state index in [0.717, 1.165) is 43.0 Å². The molecule has 3 aromatic rings. The monoisotopic (exact) mass is 424 g/mol. The first kappa shape index (κ1) is 21.0. The molecule has 0 saturated carbocycles. The topological polar surface area (TPSA) is 103 Å².